The molecule has 17 aromatic rings. The third kappa shape index (κ3) is 6.41. The quantitative estimate of drug-likeness (QED) is 0.146. The Kier molecular flexibility index (Phi) is 9.22. The van der Waals surface area contributed by atoms with Gasteiger partial charge >= 0.3 is 0 Å². The van der Waals surface area contributed by atoms with Crippen LogP contribution in [0.4, 0.5) is 0 Å². The summed E-state index contributed by atoms with van der Waals surface area (Å²) < 4.78 is 0. The zero-order valence-electron chi connectivity index (χ0n) is 42.6. The van der Waals surface area contributed by atoms with Crippen molar-refractivity contribution in [2.45, 2.75) is 0 Å². The molecule has 0 heteroatoms. The van der Waals surface area contributed by atoms with E-state index in [0.29, 0.717) is 0 Å². The second-order valence-corrected chi connectivity index (χ2v) is 21.4. The first-order valence-corrected chi connectivity index (χ1v) is 27.2. The molecule has 78 heavy (non-hydrogen) atoms. The molecule has 0 aromatic heterocycles. The zero-order valence-corrected chi connectivity index (χ0v) is 42.6. The molecule has 17 rings (SSSR count). The van der Waals surface area contributed by atoms with E-state index in [4.69, 9.17) is 0 Å². The summed E-state index contributed by atoms with van der Waals surface area (Å²) in [5, 5.41) is 24.9. The minimum atomic E-state index is 1.17. The largest absolute Gasteiger partial charge is 0.0616 e. The van der Waals surface area contributed by atoms with Crippen LogP contribution in [0.25, 0.3) is 174 Å². The van der Waals surface area contributed by atoms with Gasteiger partial charge in [-0.05, 0) is 199 Å². The van der Waals surface area contributed by atoms with Crippen molar-refractivity contribution in [3.8, 4) is 66.8 Å². The van der Waals surface area contributed by atoms with Crippen LogP contribution in [0.3, 0.4) is 0 Å². The Morgan fingerprint density at radius 2 is 0.372 bits per heavy atom. The zero-order chi connectivity index (χ0) is 51.0. The van der Waals surface area contributed by atoms with Crippen LogP contribution in [0.5, 0.6) is 0 Å². The van der Waals surface area contributed by atoms with Gasteiger partial charge in [-0.2, -0.15) is 0 Å². The topological polar surface area (TPSA) is 0 Å². The number of hydrogen-bond donors (Lipinski definition) is 0. The standard InChI is InChI=1S/C78H46/c1-5-15-57-43-61(31-23-47(57)11-1)73-74(62-32-24-48-12-2-6-16-58(48)44-62)76(64-34-26-50-14-4-8-18-60(50)46-64)78(68-42-38-56-30-28-52-20-10-22-54-36-40-66(68)72(56)70(52)54)77(75(73)63-33-25-49-13-3-7-17-59(49)45-63)67-41-37-55-29-27-51-19-9-21-53-35-39-65(67)71(55)69(51)53/h1-46H. The van der Waals surface area contributed by atoms with Crippen molar-refractivity contribution in [3.63, 3.8) is 0 Å². The molecule has 358 valence electrons. The highest BCUT2D eigenvalue weighted by molar-refractivity contribution is 6.31. The molecular weight excluding hydrogens is 937 g/mol. The van der Waals surface area contributed by atoms with E-state index in [2.05, 4.69) is 279 Å². The molecule has 0 heterocycles. The van der Waals surface area contributed by atoms with Gasteiger partial charge in [-0.15, -0.1) is 0 Å². The van der Waals surface area contributed by atoms with Crippen molar-refractivity contribution in [1.29, 1.82) is 0 Å². The first-order chi connectivity index (χ1) is 38.7. The first-order valence-electron chi connectivity index (χ1n) is 27.2. The van der Waals surface area contributed by atoms with Gasteiger partial charge < -0.3 is 0 Å². The van der Waals surface area contributed by atoms with Gasteiger partial charge in [-0.25, -0.2) is 0 Å². The van der Waals surface area contributed by atoms with Crippen LogP contribution in [0.15, 0.2) is 279 Å². The summed E-state index contributed by atoms with van der Waals surface area (Å²) in [5.74, 6) is 0. The summed E-state index contributed by atoms with van der Waals surface area (Å²) in [5.41, 5.74) is 14.4. The fourth-order valence-corrected chi connectivity index (χ4v) is 13.7. The molecule has 0 aliphatic carbocycles. The van der Waals surface area contributed by atoms with E-state index in [9.17, 15) is 0 Å². The number of hydrogen-bond acceptors (Lipinski definition) is 0. The van der Waals surface area contributed by atoms with Crippen LogP contribution in [0, 0.1) is 0 Å². The van der Waals surface area contributed by atoms with Gasteiger partial charge in [0.2, 0.25) is 0 Å². The molecule has 17 aromatic carbocycles. The van der Waals surface area contributed by atoms with Gasteiger partial charge in [0.15, 0.2) is 0 Å². The molecule has 0 aliphatic rings. The predicted molar refractivity (Wildman–Crippen MR) is 336 cm³/mol. The van der Waals surface area contributed by atoms with E-state index in [1.165, 1.54) is 174 Å². The number of rotatable bonds is 6. The summed E-state index contributed by atoms with van der Waals surface area (Å²) in [4.78, 5) is 0. The normalized spacial score (nSPS) is 12.1. The summed E-state index contributed by atoms with van der Waals surface area (Å²) in [7, 11) is 0. The maximum atomic E-state index is 2.46. The molecule has 0 amide bonds. The lowest BCUT2D eigenvalue weighted by Crippen LogP contribution is -2.03. The van der Waals surface area contributed by atoms with Crippen molar-refractivity contribution < 1.29 is 0 Å². The van der Waals surface area contributed by atoms with Gasteiger partial charge in [0, 0.05) is 0 Å². The van der Waals surface area contributed by atoms with E-state index in [1.54, 1.807) is 0 Å². The molecule has 0 aliphatic heterocycles. The minimum absolute atomic E-state index is 1.17. The van der Waals surface area contributed by atoms with E-state index in [0.717, 1.165) is 0 Å². The van der Waals surface area contributed by atoms with Crippen LogP contribution >= 0.6 is 0 Å². The average molecular weight is 983 g/mol. The Balaban J connectivity index is 1.18. The van der Waals surface area contributed by atoms with Crippen molar-refractivity contribution >= 4 is 108 Å². The van der Waals surface area contributed by atoms with E-state index < -0.39 is 0 Å². The summed E-state index contributed by atoms with van der Waals surface area (Å²) in [6, 6.07) is 106. The van der Waals surface area contributed by atoms with Crippen molar-refractivity contribution in [2.24, 2.45) is 0 Å². The highest BCUT2D eigenvalue weighted by atomic mass is 14.3. The molecule has 0 fully saturated rings. The van der Waals surface area contributed by atoms with Crippen LogP contribution < -0.4 is 0 Å². The van der Waals surface area contributed by atoms with Gasteiger partial charge in [-0.3, -0.25) is 0 Å². The third-order valence-electron chi connectivity index (χ3n) is 17.2. The first kappa shape index (κ1) is 43.1. The van der Waals surface area contributed by atoms with Crippen LogP contribution in [-0.4, -0.2) is 0 Å². The average Bonchev–Trinajstić information content (AvgIpc) is 3.69. The number of fused-ring (bicyclic) bond motifs is 4. The van der Waals surface area contributed by atoms with E-state index >= 15 is 0 Å². The fraction of sp³-hybridized carbons (Fsp3) is 0. The number of benzene rings is 17. The lowest BCUT2D eigenvalue weighted by Gasteiger charge is -2.30. The monoisotopic (exact) mass is 982 g/mol. The van der Waals surface area contributed by atoms with Gasteiger partial charge in [0.05, 0.1) is 0 Å². The molecule has 0 spiro atoms. The molecule has 0 bridgehead atoms. The van der Waals surface area contributed by atoms with Gasteiger partial charge in [0.25, 0.3) is 0 Å². The second kappa shape index (κ2) is 16.7. The Bertz CT molecular complexity index is 4960. The maximum Gasteiger partial charge on any atom is -0.000740 e. The smallest absolute Gasteiger partial charge is 0.000740 e. The Morgan fingerprint density at radius 3 is 0.692 bits per heavy atom. The molecule has 0 nitrogen and oxygen atoms in total. The maximum absolute atomic E-state index is 2.46. The van der Waals surface area contributed by atoms with Crippen LogP contribution in [-0.2, 0) is 0 Å². The van der Waals surface area contributed by atoms with Gasteiger partial charge in [-0.1, -0.05) is 255 Å². The summed E-state index contributed by atoms with van der Waals surface area (Å²) >= 11 is 0. The third-order valence-corrected chi connectivity index (χ3v) is 17.2. The summed E-state index contributed by atoms with van der Waals surface area (Å²) in [6.45, 7) is 0. The highest BCUT2D eigenvalue weighted by Gasteiger charge is 2.32. The molecule has 0 saturated heterocycles. The minimum Gasteiger partial charge on any atom is -0.0616 e. The summed E-state index contributed by atoms with van der Waals surface area (Å²) in [6.07, 6.45) is 0. The molecule has 0 saturated carbocycles. The van der Waals surface area contributed by atoms with Crippen molar-refractivity contribution in [1.82, 2.24) is 0 Å². The van der Waals surface area contributed by atoms with Crippen LogP contribution in [0.2, 0.25) is 0 Å². The Labute approximate surface area is 451 Å². The molecule has 0 radical (unpaired) electrons. The molecule has 0 unspecified atom stereocenters. The van der Waals surface area contributed by atoms with Crippen molar-refractivity contribution in [2.75, 3.05) is 0 Å². The fourth-order valence-electron chi connectivity index (χ4n) is 13.7. The second-order valence-electron chi connectivity index (χ2n) is 21.4. The lowest BCUT2D eigenvalue weighted by molar-refractivity contribution is 1.55. The Morgan fingerprint density at radius 1 is 0.141 bits per heavy atom. The van der Waals surface area contributed by atoms with E-state index in [-0.39, 0.29) is 0 Å². The molecule has 0 atom stereocenters. The molecule has 0 N–H and O–H groups in total. The lowest BCUT2D eigenvalue weighted by atomic mass is 9.72. The SMILES string of the molecule is c1ccc2cc(-c3c(-c4ccc5ccccc5c4)c(-c4ccc5ccccc5c4)c(-c4ccc5ccc6cccc7ccc4c5c67)c(-c4ccc5ccc6cccc7ccc4c5c67)c3-c3ccc4ccccc4c3)ccc2c1. The van der Waals surface area contributed by atoms with Crippen LogP contribution in [0.1, 0.15) is 0 Å². The predicted octanol–water partition coefficient (Wildman–Crippen LogP) is 22.1. The highest BCUT2D eigenvalue weighted by Crippen LogP contribution is 2.59. The Hall–Kier alpha value is -10.1. The van der Waals surface area contributed by atoms with Crippen molar-refractivity contribution in [3.05, 3.63) is 279 Å². The van der Waals surface area contributed by atoms with E-state index in [1.807, 2.05) is 0 Å². The van der Waals surface area contributed by atoms with Gasteiger partial charge in [0.1, 0.15) is 0 Å². The molecular formula is C78H46.